The Balaban J connectivity index is 1.69. The molecule has 0 bridgehead atoms. The predicted octanol–water partition coefficient (Wildman–Crippen LogP) is 3.75. The maximum Gasteiger partial charge on any atom is 0.420 e. The number of anilines is 2. The molecule has 35 heavy (non-hydrogen) atoms. The standard InChI is InChI=1S/C21H11ClF4N8O/c1-2-10-8-29-33-18(27)17(10)13-6-15(22)12(7-16(13)23)20(35)32-11-5-14(21(24,25)26)19(28-9-11)34-30-3-4-31-34/h1,3-9H,(H2,27,33)(H,32,35). The van der Waals surface area contributed by atoms with Crippen molar-refractivity contribution >= 4 is 29.0 Å². The highest BCUT2D eigenvalue weighted by molar-refractivity contribution is 6.34. The molecule has 3 N–H and O–H groups in total. The number of carbonyl (C=O) groups excluding carboxylic acids is 1. The monoisotopic (exact) mass is 502 g/mol. The Labute approximate surface area is 199 Å². The van der Waals surface area contributed by atoms with Crippen molar-refractivity contribution in [3.8, 4) is 29.3 Å². The number of alkyl halides is 3. The molecule has 0 spiro atoms. The van der Waals surface area contributed by atoms with Crippen LogP contribution in [-0.2, 0) is 6.18 Å². The minimum Gasteiger partial charge on any atom is -0.382 e. The van der Waals surface area contributed by atoms with Gasteiger partial charge in [0.1, 0.15) is 11.4 Å². The van der Waals surface area contributed by atoms with Crippen LogP contribution in [0.5, 0.6) is 0 Å². The van der Waals surface area contributed by atoms with Crippen molar-refractivity contribution in [2.75, 3.05) is 11.1 Å². The number of carbonyl (C=O) groups is 1. The molecule has 0 atom stereocenters. The Morgan fingerprint density at radius 2 is 1.89 bits per heavy atom. The molecule has 14 heteroatoms. The Morgan fingerprint density at radius 1 is 1.17 bits per heavy atom. The number of aromatic nitrogens is 6. The lowest BCUT2D eigenvalue weighted by molar-refractivity contribution is -0.137. The smallest absolute Gasteiger partial charge is 0.382 e. The topological polar surface area (TPSA) is 124 Å². The average molecular weight is 503 g/mol. The number of benzene rings is 1. The Morgan fingerprint density at radius 3 is 2.54 bits per heavy atom. The average Bonchev–Trinajstić information content (AvgIpc) is 3.34. The summed E-state index contributed by atoms with van der Waals surface area (Å²) in [4.78, 5) is 17.1. The van der Waals surface area contributed by atoms with E-state index in [9.17, 15) is 22.4 Å². The van der Waals surface area contributed by atoms with Crippen LogP contribution in [0, 0.1) is 18.2 Å². The van der Waals surface area contributed by atoms with Crippen LogP contribution in [0.2, 0.25) is 5.02 Å². The van der Waals surface area contributed by atoms with Crippen LogP contribution in [-0.4, -0.2) is 36.1 Å². The summed E-state index contributed by atoms with van der Waals surface area (Å²) in [6, 6.07) is 2.55. The lowest BCUT2D eigenvalue weighted by atomic mass is 9.99. The Hall–Kier alpha value is -4.57. The molecule has 0 aliphatic carbocycles. The van der Waals surface area contributed by atoms with Gasteiger partial charge in [0, 0.05) is 11.1 Å². The zero-order chi connectivity index (χ0) is 25.3. The number of halogens is 5. The second kappa shape index (κ2) is 8.99. The molecule has 4 aromatic rings. The second-order valence-corrected chi connectivity index (χ2v) is 7.25. The first-order chi connectivity index (χ1) is 16.6. The van der Waals surface area contributed by atoms with Gasteiger partial charge in [-0.1, -0.05) is 17.5 Å². The summed E-state index contributed by atoms with van der Waals surface area (Å²) in [5.41, 5.74) is 3.95. The summed E-state index contributed by atoms with van der Waals surface area (Å²) in [7, 11) is 0. The van der Waals surface area contributed by atoms with Crippen molar-refractivity contribution in [1.82, 2.24) is 30.2 Å². The van der Waals surface area contributed by atoms with Crippen LogP contribution in [0.15, 0.2) is 43.0 Å². The molecule has 0 saturated heterocycles. The van der Waals surface area contributed by atoms with Crippen molar-refractivity contribution in [3.63, 3.8) is 0 Å². The minimum absolute atomic E-state index is 0.0516. The molecule has 0 aliphatic rings. The van der Waals surface area contributed by atoms with Crippen molar-refractivity contribution in [1.29, 1.82) is 0 Å². The van der Waals surface area contributed by atoms with E-state index in [1.165, 1.54) is 18.6 Å². The highest BCUT2D eigenvalue weighted by Gasteiger charge is 2.36. The first kappa shape index (κ1) is 23.6. The van der Waals surface area contributed by atoms with E-state index in [0.29, 0.717) is 10.9 Å². The summed E-state index contributed by atoms with van der Waals surface area (Å²) in [6.07, 6.45) is 5.10. The van der Waals surface area contributed by atoms with Gasteiger partial charge < -0.3 is 11.1 Å². The molecule has 0 fully saturated rings. The molecule has 0 unspecified atom stereocenters. The number of rotatable bonds is 4. The third-order valence-electron chi connectivity index (χ3n) is 4.64. The van der Waals surface area contributed by atoms with E-state index in [1.54, 1.807) is 0 Å². The number of hydrogen-bond donors (Lipinski definition) is 2. The molecule has 3 aromatic heterocycles. The van der Waals surface area contributed by atoms with Gasteiger partial charge in [0.15, 0.2) is 11.6 Å². The minimum atomic E-state index is -4.84. The van der Waals surface area contributed by atoms with Gasteiger partial charge in [-0.05, 0) is 18.2 Å². The fourth-order valence-electron chi connectivity index (χ4n) is 3.12. The van der Waals surface area contributed by atoms with E-state index in [4.69, 9.17) is 23.8 Å². The van der Waals surface area contributed by atoms with Gasteiger partial charge in [-0.3, -0.25) is 4.79 Å². The van der Waals surface area contributed by atoms with Gasteiger partial charge >= 0.3 is 6.18 Å². The largest absolute Gasteiger partial charge is 0.420 e. The quantitative estimate of drug-likeness (QED) is 0.322. The van der Waals surface area contributed by atoms with Crippen molar-refractivity contribution < 1.29 is 22.4 Å². The van der Waals surface area contributed by atoms with Crippen molar-refractivity contribution in [3.05, 3.63) is 70.5 Å². The maximum atomic E-state index is 15.0. The fourth-order valence-corrected chi connectivity index (χ4v) is 3.37. The molecule has 1 aromatic carbocycles. The van der Waals surface area contributed by atoms with E-state index >= 15 is 0 Å². The lowest BCUT2D eigenvalue weighted by Gasteiger charge is -2.14. The van der Waals surface area contributed by atoms with Crippen LogP contribution in [0.25, 0.3) is 16.9 Å². The number of nitrogen functional groups attached to an aromatic ring is 1. The zero-order valence-corrected chi connectivity index (χ0v) is 17.9. The SMILES string of the molecule is C#Cc1cnnc(N)c1-c1cc(Cl)c(C(=O)Nc2cnc(-n3nccn3)c(C(F)(F)F)c2)cc1F. The molecule has 4 rings (SSSR count). The maximum absolute atomic E-state index is 15.0. The van der Waals surface area contributed by atoms with Crippen LogP contribution in [0.4, 0.5) is 29.1 Å². The third kappa shape index (κ3) is 4.59. The number of hydrogen-bond acceptors (Lipinski definition) is 7. The fraction of sp³-hybridized carbons (Fsp3) is 0.0476. The molecular weight excluding hydrogens is 492 g/mol. The Kier molecular flexibility index (Phi) is 6.06. The molecule has 0 aliphatic heterocycles. The molecule has 3 heterocycles. The van der Waals surface area contributed by atoms with E-state index in [-0.39, 0.29) is 38.8 Å². The second-order valence-electron chi connectivity index (χ2n) is 6.84. The van der Waals surface area contributed by atoms with E-state index in [1.807, 2.05) is 0 Å². The number of amides is 1. The van der Waals surface area contributed by atoms with Gasteiger partial charge in [0.2, 0.25) is 0 Å². The van der Waals surface area contributed by atoms with Gasteiger partial charge in [-0.15, -0.1) is 16.3 Å². The van der Waals surface area contributed by atoms with Gasteiger partial charge in [-0.25, -0.2) is 9.37 Å². The van der Waals surface area contributed by atoms with Crippen LogP contribution in [0.3, 0.4) is 0 Å². The number of pyridine rings is 1. The molecule has 9 nitrogen and oxygen atoms in total. The Bertz CT molecular complexity index is 1480. The van der Waals surface area contributed by atoms with E-state index < -0.39 is 29.3 Å². The predicted molar refractivity (Wildman–Crippen MR) is 117 cm³/mol. The van der Waals surface area contributed by atoms with Crippen LogP contribution >= 0.6 is 11.6 Å². The van der Waals surface area contributed by atoms with Gasteiger partial charge in [0.25, 0.3) is 5.91 Å². The summed E-state index contributed by atoms with van der Waals surface area (Å²) >= 11 is 6.19. The third-order valence-corrected chi connectivity index (χ3v) is 4.95. The summed E-state index contributed by atoms with van der Waals surface area (Å²) < 4.78 is 55.7. The highest BCUT2D eigenvalue weighted by atomic mass is 35.5. The molecule has 0 saturated carbocycles. The first-order valence-electron chi connectivity index (χ1n) is 9.42. The van der Waals surface area contributed by atoms with E-state index in [0.717, 1.165) is 18.3 Å². The first-order valence-corrected chi connectivity index (χ1v) is 9.80. The van der Waals surface area contributed by atoms with E-state index in [2.05, 4.69) is 36.6 Å². The van der Waals surface area contributed by atoms with Crippen molar-refractivity contribution in [2.45, 2.75) is 6.18 Å². The highest BCUT2D eigenvalue weighted by Crippen LogP contribution is 2.35. The van der Waals surface area contributed by atoms with Crippen LogP contribution < -0.4 is 11.1 Å². The molecular formula is C21H11ClF4N8O. The van der Waals surface area contributed by atoms with Crippen molar-refractivity contribution in [2.24, 2.45) is 0 Å². The zero-order valence-electron chi connectivity index (χ0n) is 17.2. The molecule has 176 valence electrons. The number of nitrogens with two attached hydrogens (primary N) is 1. The summed E-state index contributed by atoms with van der Waals surface area (Å²) in [6.45, 7) is 0. The molecule has 1 amide bonds. The lowest BCUT2D eigenvalue weighted by Crippen LogP contribution is -2.17. The van der Waals surface area contributed by atoms with Crippen LogP contribution in [0.1, 0.15) is 21.5 Å². The number of nitrogens with zero attached hydrogens (tertiary/aromatic N) is 6. The normalized spacial score (nSPS) is 11.2. The summed E-state index contributed by atoms with van der Waals surface area (Å²) in [5, 5.41) is 16.5. The van der Waals surface area contributed by atoms with Gasteiger partial charge in [0.05, 0.1) is 46.6 Å². The number of terminal acetylenes is 1. The number of nitrogens with one attached hydrogen (secondary N) is 1. The van der Waals surface area contributed by atoms with Gasteiger partial charge in [-0.2, -0.15) is 28.5 Å². The molecule has 0 radical (unpaired) electrons. The summed E-state index contributed by atoms with van der Waals surface area (Å²) in [5.74, 6) is -0.368.